The van der Waals surface area contributed by atoms with E-state index < -0.39 is 17.0 Å². The molecule has 0 aromatic carbocycles. The maximum absolute atomic E-state index is 8.48. The number of nitrogens with zero attached hydrogens (tertiary/aromatic N) is 2. The Morgan fingerprint density at radius 2 is 1.12 bits per heavy atom. The minimum absolute atomic E-state index is 0. The van der Waals surface area contributed by atoms with Gasteiger partial charge in [0, 0.05) is 44.7 Å². The predicted molar refractivity (Wildman–Crippen MR) is 176 cm³/mol. The monoisotopic (exact) mass is 640 g/mol. The van der Waals surface area contributed by atoms with E-state index in [9.17, 15) is 0 Å². The zero-order valence-corrected chi connectivity index (χ0v) is 26.3. The van der Waals surface area contributed by atoms with Crippen molar-refractivity contribution >= 4 is 17.0 Å². The summed E-state index contributed by atoms with van der Waals surface area (Å²) in [4.78, 5) is 1.79. The van der Waals surface area contributed by atoms with Crippen LogP contribution in [-0.4, -0.2) is 140 Å². The van der Waals surface area contributed by atoms with Crippen LogP contribution in [0, 0.1) is 0 Å². The fourth-order valence-electron chi connectivity index (χ4n) is 5.26. The zero-order valence-electron chi connectivity index (χ0n) is 24.3. The summed E-state index contributed by atoms with van der Waals surface area (Å²) in [6, 6.07) is 0. The van der Waals surface area contributed by atoms with Crippen molar-refractivity contribution in [3.8, 4) is 0 Å². The molecule has 252 valence electrons. The normalized spacial score (nSPS) is 21.5. The molecular weight excluding hydrogens is 576 g/mol. The number of aliphatic hydroxyl groups is 3. The number of aliphatic hydroxyl groups excluding tert-OH is 3. The van der Waals surface area contributed by atoms with E-state index in [0.717, 1.165) is 54.0 Å². The van der Waals surface area contributed by atoms with Crippen LogP contribution in [0.2, 0.25) is 0 Å². The van der Waals surface area contributed by atoms with Crippen LogP contribution in [0.25, 0.3) is 0 Å². The molecule has 0 aromatic rings. The molecule has 0 aromatic heterocycles. The van der Waals surface area contributed by atoms with Gasteiger partial charge in [-0.3, -0.25) is 4.90 Å². The van der Waals surface area contributed by atoms with Crippen molar-refractivity contribution in [3.05, 3.63) is 48.9 Å². The summed E-state index contributed by atoms with van der Waals surface area (Å²) >= 11 is 0. The fourth-order valence-corrected chi connectivity index (χ4v) is 12.8. The van der Waals surface area contributed by atoms with Crippen molar-refractivity contribution in [2.75, 3.05) is 98.7 Å². The molecule has 3 heterocycles. The van der Waals surface area contributed by atoms with Crippen molar-refractivity contribution < 1.29 is 46.0 Å². The number of quaternary nitrogens is 1. The summed E-state index contributed by atoms with van der Waals surface area (Å²) in [6.07, 6.45) is 3.40. The molecule has 3 rings (SSSR count). The summed E-state index contributed by atoms with van der Waals surface area (Å²) in [5.41, 5.74) is 0. The van der Waals surface area contributed by atoms with Gasteiger partial charge in [-0.05, 0) is 20.8 Å². The minimum Gasteiger partial charge on any atom is -0.395 e. The maximum atomic E-state index is 8.48. The second-order valence-corrected chi connectivity index (χ2v) is 16.1. The van der Waals surface area contributed by atoms with Crippen molar-refractivity contribution in [2.45, 2.75) is 43.1 Å². The predicted octanol–water partition coefficient (Wildman–Crippen LogP) is 3.05. The molecule has 13 heteroatoms. The van der Waals surface area contributed by atoms with E-state index in [0.29, 0.717) is 39.5 Å². The van der Waals surface area contributed by atoms with Crippen LogP contribution in [0.5, 0.6) is 0 Å². The van der Waals surface area contributed by atoms with Gasteiger partial charge in [0.1, 0.15) is 0 Å². The largest absolute Gasteiger partial charge is 0.536 e. The van der Waals surface area contributed by atoms with E-state index in [4.69, 9.17) is 41.9 Å². The number of hydrogen-bond acceptors (Lipinski definition) is 10. The molecule has 0 saturated carbocycles. The first kappa shape index (κ1) is 45.4. The van der Waals surface area contributed by atoms with Gasteiger partial charge in [0.25, 0.3) is 0 Å². The van der Waals surface area contributed by atoms with Gasteiger partial charge in [-0.2, -0.15) is 0 Å². The third-order valence-corrected chi connectivity index (χ3v) is 15.8. The van der Waals surface area contributed by atoms with Crippen molar-refractivity contribution in [2.24, 2.45) is 0 Å². The molecule has 0 aliphatic carbocycles. The number of allylic oxidation sites excluding steroid dienone is 4. The van der Waals surface area contributed by atoms with Gasteiger partial charge in [0.15, 0.2) is 0 Å². The molecule has 0 unspecified atom stereocenters. The summed E-state index contributed by atoms with van der Waals surface area (Å²) < 4.78 is 35.7. The number of hydrogen-bond donors (Lipinski definition) is 3. The van der Waals surface area contributed by atoms with E-state index in [1.54, 1.807) is 17.1 Å². The third kappa shape index (κ3) is 9.48. The molecule has 0 bridgehead atoms. The van der Waals surface area contributed by atoms with Crippen LogP contribution < -0.4 is 0 Å². The molecule has 3 aliphatic rings. The van der Waals surface area contributed by atoms with E-state index >= 15 is 0 Å². The second-order valence-electron chi connectivity index (χ2n) is 9.13. The van der Waals surface area contributed by atoms with Gasteiger partial charge in [-0.25, -0.2) is 0 Å². The quantitative estimate of drug-likeness (QED) is 0.172. The van der Waals surface area contributed by atoms with E-state index in [2.05, 4.69) is 26.3 Å². The third-order valence-electron chi connectivity index (χ3n) is 7.12. The Labute approximate surface area is 258 Å². The molecule has 3 saturated heterocycles. The van der Waals surface area contributed by atoms with Crippen molar-refractivity contribution in [3.63, 3.8) is 0 Å². The molecule has 3 N–H and O–H groups in total. The molecule has 42 heavy (non-hydrogen) atoms. The van der Waals surface area contributed by atoms with E-state index in [-0.39, 0.29) is 42.1 Å². The SMILES string of the molecule is C.C.C.C=CC(=C)[Si-]123OCC[N+]1(CCO2)CCO3.C=CC(=C)[Si](OCC)(OCC)OCC.OCCN(CCO)CCO. The molecule has 3 fully saturated rings. The minimum atomic E-state index is -3.38. The topological polar surface area (TPSA) is 119 Å². The van der Waals surface area contributed by atoms with Crippen LogP contribution in [0.3, 0.4) is 0 Å². The van der Waals surface area contributed by atoms with Gasteiger partial charge in [-0.1, -0.05) is 41.5 Å². The average molecular weight is 641 g/mol. The van der Waals surface area contributed by atoms with Gasteiger partial charge in [0.2, 0.25) is 0 Å². The molecular formula is C29H64N2O9Si2. The smallest absolute Gasteiger partial charge is 0.395 e. The van der Waals surface area contributed by atoms with Crippen LogP contribution in [0.1, 0.15) is 43.1 Å². The van der Waals surface area contributed by atoms with Crippen molar-refractivity contribution in [1.29, 1.82) is 0 Å². The summed E-state index contributed by atoms with van der Waals surface area (Å²) in [7, 11) is -6.09. The first-order valence-corrected chi connectivity index (χ1v) is 17.6. The van der Waals surface area contributed by atoms with Crippen LogP contribution in [-0.2, 0) is 26.6 Å². The van der Waals surface area contributed by atoms with Gasteiger partial charge >= 0.3 is 98.4 Å². The Morgan fingerprint density at radius 1 is 0.762 bits per heavy atom. The van der Waals surface area contributed by atoms with Crippen LogP contribution in [0.15, 0.2) is 48.9 Å². The second kappa shape index (κ2) is 21.6. The van der Waals surface area contributed by atoms with Crippen LogP contribution in [0.4, 0.5) is 0 Å². The first-order valence-electron chi connectivity index (χ1n) is 13.7. The molecule has 11 nitrogen and oxygen atoms in total. The van der Waals surface area contributed by atoms with Gasteiger partial charge in [-0.15, -0.1) is 0 Å². The molecule has 3 aliphatic heterocycles. The molecule has 0 amide bonds. The van der Waals surface area contributed by atoms with Crippen molar-refractivity contribution in [1.82, 2.24) is 4.90 Å². The Morgan fingerprint density at radius 3 is 1.38 bits per heavy atom. The summed E-state index contributed by atoms with van der Waals surface area (Å²) in [5, 5.41) is 27.0. The Balaban J connectivity index is -0.000000536. The van der Waals surface area contributed by atoms with Crippen LogP contribution >= 0.6 is 0 Å². The number of rotatable bonds is 16. The van der Waals surface area contributed by atoms with E-state index in [1.807, 2.05) is 20.8 Å². The summed E-state index contributed by atoms with van der Waals surface area (Å²) in [6.45, 7) is 29.7. The molecule has 0 spiro atoms. The Kier molecular flexibility index (Phi) is 23.4. The van der Waals surface area contributed by atoms with Gasteiger partial charge in [0.05, 0.1) is 19.8 Å². The van der Waals surface area contributed by atoms with E-state index in [1.165, 1.54) is 0 Å². The maximum Gasteiger partial charge on any atom is 0.536 e. The fraction of sp³-hybridized carbons (Fsp3) is 0.724. The Bertz CT molecular complexity index is 738. The molecule has 0 radical (unpaired) electrons. The zero-order chi connectivity index (χ0) is 29.4. The first-order chi connectivity index (χ1) is 18.7. The Hall–Kier alpha value is -1.05. The standard InChI is InChI=1S/C10H17NO3Si.C10H20O3Si.C6H15NO3.3CH4/c1-3-10(2)15-11(4-7-12-15,5-8-13-15)6-9-14-15;1-6-10(5)14(11-7-2,12-8-3)13-9-4;8-4-1-7(2-5-9)3-6-10;;;/h3H,1-2,4-9H2;6H,1,5,7-9H2,2-4H3;8-10H,1-6H2;3*1H4. The molecule has 0 atom stereocenters. The average Bonchev–Trinajstić information content (AvgIpc) is 3.51. The summed E-state index contributed by atoms with van der Waals surface area (Å²) in [5.74, 6) is 0. The van der Waals surface area contributed by atoms with Gasteiger partial charge < -0.3 is 28.6 Å².